The largest absolute Gasteiger partial charge is 0.348 e. The number of hydrogen-bond donors (Lipinski definition) is 3. The number of nitrogens with zero attached hydrogens (tertiary/aromatic N) is 3. The fourth-order valence-electron chi connectivity index (χ4n) is 3.49. The maximum atomic E-state index is 12.8. The lowest BCUT2D eigenvalue weighted by Gasteiger charge is -2.27. The molecule has 1 atom stereocenters. The Kier molecular flexibility index (Phi) is 5.81. The van der Waals surface area contributed by atoms with Crippen molar-refractivity contribution in [3.63, 3.8) is 0 Å². The van der Waals surface area contributed by atoms with Crippen LogP contribution >= 0.6 is 11.3 Å². The van der Waals surface area contributed by atoms with Crippen LogP contribution in [0.2, 0.25) is 0 Å². The lowest BCUT2D eigenvalue weighted by atomic mass is 9.97. The molecule has 2 amide bonds. The van der Waals surface area contributed by atoms with Crippen LogP contribution in [0.3, 0.4) is 0 Å². The summed E-state index contributed by atoms with van der Waals surface area (Å²) >= 11 is 1.41. The second-order valence-corrected chi connectivity index (χ2v) is 9.77. The van der Waals surface area contributed by atoms with Gasteiger partial charge in [0.05, 0.1) is 27.2 Å². The second kappa shape index (κ2) is 8.39. The molecule has 0 spiro atoms. The molecule has 1 saturated heterocycles. The van der Waals surface area contributed by atoms with E-state index in [-0.39, 0.29) is 17.9 Å². The van der Waals surface area contributed by atoms with Crippen molar-refractivity contribution in [2.45, 2.75) is 51.6 Å². The van der Waals surface area contributed by atoms with Crippen LogP contribution in [0, 0.1) is 0 Å². The van der Waals surface area contributed by atoms with Gasteiger partial charge in [0.15, 0.2) is 5.65 Å². The Morgan fingerprint density at radius 3 is 2.71 bits per heavy atom. The number of nitrogens with one attached hydrogen (secondary N) is 2. The van der Waals surface area contributed by atoms with Gasteiger partial charge in [0, 0.05) is 30.9 Å². The molecule has 0 unspecified atom stereocenters. The summed E-state index contributed by atoms with van der Waals surface area (Å²) in [5.41, 5.74) is 7.63. The summed E-state index contributed by atoms with van der Waals surface area (Å²) in [6.45, 7) is 7.24. The minimum atomic E-state index is -0.549. The number of nitrogens with two attached hydrogens (primary N) is 1. The van der Waals surface area contributed by atoms with E-state index in [0.29, 0.717) is 27.3 Å². The Morgan fingerprint density at radius 2 is 2.00 bits per heavy atom. The molecular formula is C22H28N6O2S. The van der Waals surface area contributed by atoms with Crippen molar-refractivity contribution in [1.29, 1.82) is 0 Å². The van der Waals surface area contributed by atoms with E-state index in [0.717, 1.165) is 30.8 Å². The molecule has 31 heavy (non-hydrogen) atoms. The van der Waals surface area contributed by atoms with Crippen molar-refractivity contribution < 1.29 is 9.59 Å². The van der Waals surface area contributed by atoms with Gasteiger partial charge in [0.2, 0.25) is 0 Å². The molecule has 4 heterocycles. The van der Waals surface area contributed by atoms with Gasteiger partial charge in [-0.25, -0.2) is 9.97 Å². The zero-order chi connectivity index (χ0) is 22.2. The Bertz CT molecular complexity index is 1110. The highest BCUT2D eigenvalue weighted by atomic mass is 32.1. The predicted octanol–water partition coefficient (Wildman–Crippen LogP) is 3.17. The van der Waals surface area contributed by atoms with Crippen molar-refractivity contribution in [2.75, 3.05) is 13.1 Å². The van der Waals surface area contributed by atoms with Crippen molar-refractivity contribution in [3.05, 3.63) is 35.0 Å². The van der Waals surface area contributed by atoms with Gasteiger partial charge in [-0.2, -0.15) is 0 Å². The number of carbonyl (C=O) groups excluding carboxylic acids is 2. The molecule has 3 aromatic rings. The normalized spacial score (nSPS) is 15.8. The number of carbonyl (C=O) groups is 2. The lowest BCUT2D eigenvalue weighted by molar-refractivity contribution is 0.0729. The van der Waals surface area contributed by atoms with Gasteiger partial charge in [-0.15, -0.1) is 11.3 Å². The number of aromatic nitrogens is 3. The summed E-state index contributed by atoms with van der Waals surface area (Å²) < 4.78 is 0. The third-order valence-electron chi connectivity index (χ3n) is 5.80. The molecular weight excluding hydrogens is 412 g/mol. The van der Waals surface area contributed by atoms with E-state index in [1.54, 1.807) is 12.4 Å². The summed E-state index contributed by atoms with van der Waals surface area (Å²) in [7, 11) is 0. The number of amides is 2. The van der Waals surface area contributed by atoms with Gasteiger partial charge in [-0.05, 0) is 52.2 Å². The maximum Gasteiger partial charge on any atom is 0.263 e. The molecule has 8 nitrogen and oxygen atoms in total. The molecule has 0 radical (unpaired) electrons. The van der Waals surface area contributed by atoms with Gasteiger partial charge in [0.25, 0.3) is 11.8 Å². The van der Waals surface area contributed by atoms with Crippen LogP contribution in [0.15, 0.2) is 24.5 Å². The van der Waals surface area contributed by atoms with E-state index < -0.39 is 5.54 Å². The fourth-order valence-corrected chi connectivity index (χ4v) is 4.42. The molecule has 4 N–H and O–H groups in total. The number of hydrogen-bond acceptors (Lipinski definition) is 6. The first-order valence-corrected chi connectivity index (χ1v) is 11.4. The summed E-state index contributed by atoms with van der Waals surface area (Å²) in [6.07, 6.45) is 6.57. The number of likely N-dealkylation sites (tertiary alicyclic amines) is 1. The zero-order valence-corrected chi connectivity index (χ0v) is 18.9. The Balaban J connectivity index is 1.58. The maximum absolute atomic E-state index is 12.8. The Labute approximate surface area is 185 Å². The predicted molar refractivity (Wildman–Crippen MR) is 122 cm³/mol. The minimum Gasteiger partial charge on any atom is -0.348 e. The molecule has 1 fully saturated rings. The fraction of sp³-hybridized carbons (Fsp3) is 0.455. The Morgan fingerprint density at radius 1 is 1.26 bits per heavy atom. The molecule has 0 aromatic carbocycles. The number of piperidine rings is 1. The highest BCUT2D eigenvalue weighted by Crippen LogP contribution is 2.29. The molecule has 0 aliphatic carbocycles. The van der Waals surface area contributed by atoms with Gasteiger partial charge < -0.3 is 20.9 Å². The third-order valence-corrected chi connectivity index (χ3v) is 6.90. The van der Waals surface area contributed by atoms with Crippen molar-refractivity contribution in [3.8, 4) is 10.6 Å². The lowest BCUT2D eigenvalue weighted by Crippen LogP contribution is -2.52. The number of rotatable bonds is 5. The average molecular weight is 441 g/mol. The van der Waals surface area contributed by atoms with E-state index in [1.165, 1.54) is 17.8 Å². The van der Waals surface area contributed by atoms with Crippen LogP contribution in [0.5, 0.6) is 0 Å². The van der Waals surface area contributed by atoms with Gasteiger partial charge >= 0.3 is 0 Å². The molecule has 4 rings (SSSR count). The summed E-state index contributed by atoms with van der Waals surface area (Å²) in [4.78, 5) is 41.1. The summed E-state index contributed by atoms with van der Waals surface area (Å²) in [6, 6.07) is 3.52. The monoisotopic (exact) mass is 440 g/mol. The molecule has 3 aromatic heterocycles. The highest BCUT2D eigenvalue weighted by Gasteiger charge is 2.25. The van der Waals surface area contributed by atoms with Gasteiger partial charge in [-0.3, -0.25) is 9.59 Å². The van der Waals surface area contributed by atoms with Crippen LogP contribution in [0.1, 0.15) is 60.1 Å². The number of fused-ring (bicyclic) bond motifs is 1. The molecule has 164 valence electrons. The van der Waals surface area contributed by atoms with Crippen LogP contribution in [-0.4, -0.2) is 56.3 Å². The molecule has 9 heteroatoms. The molecule has 1 aliphatic heterocycles. The van der Waals surface area contributed by atoms with E-state index in [1.807, 2.05) is 37.8 Å². The van der Waals surface area contributed by atoms with Gasteiger partial charge in [0.1, 0.15) is 5.52 Å². The average Bonchev–Trinajstić information content (AvgIpc) is 3.40. The summed E-state index contributed by atoms with van der Waals surface area (Å²) in [5, 5.41) is 2.93. The standard InChI is InChI=1S/C22H28N6O2S/c1-13(22(2,3)23)26-20(29)14-11-24-19-18(14)27-15(12-25-19)16-7-8-17(31-16)21(30)28-9-5-4-6-10-28/h7-8,11-13H,4-6,9-10,23H2,1-3H3,(H,24,25)(H,26,29)/t13-/m0/s1. The first kappa shape index (κ1) is 21.5. The van der Waals surface area contributed by atoms with E-state index >= 15 is 0 Å². The van der Waals surface area contributed by atoms with Crippen molar-refractivity contribution in [1.82, 2.24) is 25.2 Å². The molecule has 0 bridgehead atoms. The minimum absolute atomic E-state index is 0.0742. The van der Waals surface area contributed by atoms with E-state index in [9.17, 15) is 9.59 Å². The number of H-pyrrole nitrogens is 1. The van der Waals surface area contributed by atoms with Gasteiger partial charge in [-0.1, -0.05) is 0 Å². The van der Waals surface area contributed by atoms with E-state index in [4.69, 9.17) is 5.73 Å². The SMILES string of the molecule is C[C@H](NC(=O)c1c[nH]c2ncc(-c3ccc(C(=O)N4CCCCC4)s3)nc12)C(C)(C)N. The number of aromatic amines is 1. The highest BCUT2D eigenvalue weighted by molar-refractivity contribution is 7.17. The molecule has 0 saturated carbocycles. The summed E-state index contributed by atoms with van der Waals surface area (Å²) in [5.74, 6) is -0.180. The smallest absolute Gasteiger partial charge is 0.263 e. The van der Waals surface area contributed by atoms with Crippen LogP contribution in [0.25, 0.3) is 21.7 Å². The molecule has 1 aliphatic rings. The quantitative estimate of drug-likeness (QED) is 0.563. The zero-order valence-electron chi connectivity index (χ0n) is 18.1. The van der Waals surface area contributed by atoms with Crippen LogP contribution in [-0.2, 0) is 0 Å². The van der Waals surface area contributed by atoms with E-state index in [2.05, 4.69) is 20.3 Å². The third kappa shape index (κ3) is 4.47. The van der Waals surface area contributed by atoms with Crippen molar-refractivity contribution in [2.24, 2.45) is 5.73 Å². The Hall–Kier alpha value is -2.78. The first-order chi connectivity index (χ1) is 14.7. The first-order valence-electron chi connectivity index (χ1n) is 10.6. The van der Waals surface area contributed by atoms with Crippen LogP contribution in [0.4, 0.5) is 0 Å². The van der Waals surface area contributed by atoms with Crippen LogP contribution < -0.4 is 11.1 Å². The topological polar surface area (TPSA) is 117 Å². The van der Waals surface area contributed by atoms with Crippen molar-refractivity contribution >= 4 is 34.3 Å². The second-order valence-electron chi connectivity index (χ2n) is 8.69. The number of thiophene rings is 1.